The number of hydrogen-bond acceptors (Lipinski definition) is 2. The standard InChI is InChI=1S/C12H15ClO2/c13-11-3-1-9(2-4-11)7-10-8-15-6-5-12(10)14/h1-4,10,12,14H,5-8H2/t10-,12+/m1/s1. The number of aliphatic hydroxyl groups is 1. The predicted molar refractivity (Wildman–Crippen MR) is 60.1 cm³/mol. The maximum atomic E-state index is 9.78. The van der Waals surface area contributed by atoms with Crippen LogP contribution in [0.3, 0.4) is 0 Å². The van der Waals surface area contributed by atoms with Gasteiger partial charge in [-0.25, -0.2) is 0 Å². The molecule has 0 bridgehead atoms. The van der Waals surface area contributed by atoms with Gasteiger partial charge in [0.2, 0.25) is 0 Å². The third kappa shape index (κ3) is 2.94. The maximum Gasteiger partial charge on any atom is 0.0615 e. The fourth-order valence-electron chi connectivity index (χ4n) is 1.90. The zero-order valence-electron chi connectivity index (χ0n) is 8.53. The van der Waals surface area contributed by atoms with Crippen LogP contribution in [0, 0.1) is 5.92 Å². The van der Waals surface area contributed by atoms with Crippen molar-refractivity contribution in [2.24, 2.45) is 5.92 Å². The van der Waals surface area contributed by atoms with Crippen molar-refractivity contribution in [1.82, 2.24) is 0 Å². The maximum absolute atomic E-state index is 9.78. The summed E-state index contributed by atoms with van der Waals surface area (Å²) in [4.78, 5) is 0. The van der Waals surface area contributed by atoms with Crippen molar-refractivity contribution in [2.45, 2.75) is 18.9 Å². The molecule has 1 aromatic rings. The first-order chi connectivity index (χ1) is 7.25. The molecule has 2 nitrogen and oxygen atoms in total. The van der Waals surface area contributed by atoms with Crippen LogP contribution < -0.4 is 0 Å². The number of hydrogen-bond donors (Lipinski definition) is 1. The fourth-order valence-corrected chi connectivity index (χ4v) is 2.03. The van der Waals surface area contributed by atoms with Crippen LogP contribution in [0.25, 0.3) is 0 Å². The normalized spacial score (nSPS) is 26.5. The molecule has 3 heteroatoms. The minimum absolute atomic E-state index is 0.222. The van der Waals surface area contributed by atoms with E-state index in [1.54, 1.807) is 0 Å². The SMILES string of the molecule is O[C@H]1CCOC[C@H]1Cc1ccc(Cl)cc1. The summed E-state index contributed by atoms with van der Waals surface area (Å²) < 4.78 is 5.36. The molecule has 0 aromatic heterocycles. The number of halogens is 1. The zero-order chi connectivity index (χ0) is 10.7. The summed E-state index contributed by atoms with van der Waals surface area (Å²) in [6.07, 6.45) is 1.38. The molecule has 1 heterocycles. The number of benzene rings is 1. The highest BCUT2D eigenvalue weighted by Crippen LogP contribution is 2.20. The lowest BCUT2D eigenvalue weighted by Gasteiger charge is -2.27. The highest BCUT2D eigenvalue weighted by atomic mass is 35.5. The first-order valence-electron chi connectivity index (χ1n) is 5.26. The van der Waals surface area contributed by atoms with Crippen molar-refractivity contribution in [3.63, 3.8) is 0 Å². The Bertz CT molecular complexity index is 310. The molecule has 0 radical (unpaired) electrons. The summed E-state index contributed by atoms with van der Waals surface area (Å²) in [6, 6.07) is 7.77. The molecule has 82 valence electrons. The summed E-state index contributed by atoms with van der Waals surface area (Å²) in [5, 5.41) is 10.5. The summed E-state index contributed by atoms with van der Waals surface area (Å²) in [6.45, 7) is 1.34. The molecule has 15 heavy (non-hydrogen) atoms. The van der Waals surface area contributed by atoms with Crippen LogP contribution in [0.2, 0.25) is 5.02 Å². The van der Waals surface area contributed by atoms with Gasteiger partial charge in [0, 0.05) is 17.5 Å². The van der Waals surface area contributed by atoms with Crippen LogP contribution in [0.5, 0.6) is 0 Å². The largest absolute Gasteiger partial charge is 0.393 e. The van der Waals surface area contributed by atoms with Gasteiger partial charge in [-0.15, -0.1) is 0 Å². The lowest BCUT2D eigenvalue weighted by Crippen LogP contribution is -2.33. The van der Waals surface area contributed by atoms with Crippen LogP contribution in [0.4, 0.5) is 0 Å². The second kappa shape index (κ2) is 4.97. The summed E-state index contributed by atoms with van der Waals surface area (Å²) in [5.41, 5.74) is 1.20. The minimum atomic E-state index is -0.227. The lowest BCUT2D eigenvalue weighted by molar-refractivity contribution is -0.0350. The van der Waals surface area contributed by atoms with E-state index in [9.17, 15) is 5.11 Å². The van der Waals surface area contributed by atoms with Crippen LogP contribution >= 0.6 is 11.6 Å². The van der Waals surface area contributed by atoms with Crippen molar-refractivity contribution in [3.8, 4) is 0 Å². The molecule has 2 atom stereocenters. The molecule has 1 fully saturated rings. The van der Waals surface area contributed by atoms with Gasteiger partial charge in [0.1, 0.15) is 0 Å². The summed E-state index contributed by atoms with van der Waals surface area (Å²) in [7, 11) is 0. The van der Waals surface area contributed by atoms with E-state index in [1.165, 1.54) is 5.56 Å². The molecule has 0 saturated carbocycles. The van der Waals surface area contributed by atoms with Crippen LogP contribution in [-0.4, -0.2) is 24.4 Å². The third-order valence-corrected chi connectivity index (χ3v) is 3.10. The summed E-state index contributed by atoms with van der Waals surface area (Å²) >= 11 is 5.81. The monoisotopic (exact) mass is 226 g/mol. The van der Waals surface area contributed by atoms with Gasteiger partial charge in [-0.05, 0) is 30.5 Å². The first-order valence-corrected chi connectivity index (χ1v) is 5.64. The second-order valence-electron chi connectivity index (χ2n) is 4.02. The summed E-state index contributed by atoms with van der Waals surface area (Å²) in [5.74, 6) is 0.222. The Hall–Kier alpha value is -0.570. The van der Waals surface area contributed by atoms with Crippen molar-refractivity contribution in [1.29, 1.82) is 0 Å². The Morgan fingerprint density at radius 2 is 2.07 bits per heavy atom. The van der Waals surface area contributed by atoms with Gasteiger partial charge in [-0.3, -0.25) is 0 Å². The van der Waals surface area contributed by atoms with Crippen molar-refractivity contribution < 1.29 is 9.84 Å². The average Bonchev–Trinajstić information content (AvgIpc) is 2.25. The van der Waals surface area contributed by atoms with Gasteiger partial charge in [0.15, 0.2) is 0 Å². The van der Waals surface area contributed by atoms with Gasteiger partial charge >= 0.3 is 0 Å². The number of ether oxygens (including phenoxy) is 1. The number of aliphatic hydroxyl groups excluding tert-OH is 1. The van der Waals surface area contributed by atoms with Gasteiger partial charge in [-0.2, -0.15) is 0 Å². The van der Waals surface area contributed by atoms with E-state index in [0.29, 0.717) is 13.2 Å². The molecule has 0 spiro atoms. The Morgan fingerprint density at radius 1 is 1.33 bits per heavy atom. The first kappa shape index (κ1) is 10.9. The molecular weight excluding hydrogens is 212 g/mol. The molecule has 0 amide bonds. The third-order valence-electron chi connectivity index (χ3n) is 2.85. The zero-order valence-corrected chi connectivity index (χ0v) is 9.28. The van der Waals surface area contributed by atoms with Gasteiger partial charge < -0.3 is 9.84 Å². The van der Waals surface area contributed by atoms with E-state index in [2.05, 4.69) is 0 Å². The van der Waals surface area contributed by atoms with Crippen LogP contribution in [0.15, 0.2) is 24.3 Å². The molecule has 1 aliphatic rings. The van der Waals surface area contributed by atoms with Crippen LogP contribution in [0.1, 0.15) is 12.0 Å². The van der Waals surface area contributed by atoms with Crippen LogP contribution in [-0.2, 0) is 11.2 Å². The van der Waals surface area contributed by atoms with Gasteiger partial charge in [0.25, 0.3) is 0 Å². The van der Waals surface area contributed by atoms with E-state index < -0.39 is 0 Å². The molecule has 1 aliphatic heterocycles. The topological polar surface area (TPSA) is 29.5 Å². The minimum Gasteiger partial charge on any atom is -0.393 e. The molecule has 0 aliphatic carbocycles. The fraction of sp³-hybridized carbons (Fsp3) is 0.500. The average molecular weight is 227 g/mol. The Kier molecular flexibility index (Phi) is 3.62. The van der Waals surface area contributed by atoms with E-state index >= 15 is 0 Å². The molecule has 1 N–H and O–H groups in total. The molecule has 1 aromatic carbocycles. The Balaban J connectivity index is 1.98. The second-order valence-corrected chi connectivity index (χ2v) is 4.46. The molecule has 2 rings (SSSR count). The molecular formula is C12H15ClO2. The van der Waals surface area contributed by atoms with Crippen molar-refractivity contribution in [2.75, 3.05) is 13.2 Å². The van der Waals surface area contributed by atoms with Crippen molar-refractivity contribution in [3.05, 3.63) is 34.9 Å². The Morgan fingerprint density at radius 3 is 2.73 bits per heavy atom. The Labute approximate surface area is 94.8 Å². The molecule has 0 unspecified atom stereocenters. The van der Waals surface area contributed by atoms with Crippen molar-refractivity contribution >= 4 is 11.6 Å². The molecule has 1 saturated heterocycles. The van der Waals surface area contributed by atoms with E-state index in [0.717, 1.165) is 17.9 Å². The smallest absolute Gasteiger partial charge is 0.0615 e. The quantitative estimate of drug-likeness (QED) is 0.839. The van der Waals surface area contributed by atoms with E-state index in [1.807, 2.05) is 24.3 Å². The highest BCUT2D eigenvalue weighted by molar-refractivity contribution is 6.30. The predicted octanol–water partition coefficient (Wildman–Crippen LogP) is 2.28. The van der Waals surface area contributed by atoms with Gasteiger partial charge in [-0.1, -0.05) is 23.7 Å². The van der Waals surface area contributed by atoms with E-state index in [4.69, 9.17) is 16.3 Å². The number of rotatable bonds is 2. The van der Waals surface area contributed by atoms with E-state index in [-0.39, 0.29) is 12.0 Å². The lowest BCUT2D eigenvalue weighted by atomic mass is 9.92. The van der Waals surface area contributed by atoms with Gasteiger partial charge in [0.05, 0.1) is 12.7 Å². The highest BCUT2D eigenvalue weighted by Gasteiger charge is 2.23.